The van der Waals surface area contributed by atoms with Crippen LogP contribution < -0.4 is 25.0 Å². The third-order valence-corrected chi connectivity index (χ3v) is 18.5. The van der Waals surface area contributed by atoms with Crippen LogP contribution in [0.15, 0.2) is 35.1 Å². The van der Waals surface area contributed by atoms with Crippen molar-refractivity contribution in [2.75, 3.05) is 33.3 Å². The molecule has 3 fully saturated rings. The van der Waals surface area contributed by atoms with Crippen LogP contribution in [0.2, 0.25) is 0 Å². The third kappa shape index (κ3) is 12.9. The molecule has 72 heavy (non-hydrogen) atoms. The lowest BCUT2D eigenvalue weighted by Crippen LogP contribution is -2.63. The van der Waals surface area contributed by atoms with Gasteiger partial charge in [-0.1, -0.05) is 63.1 Å². The predicted molar refractivity (Wildman–Crippen MR) is 273 cm³/mol. The van der Waals surface area contributed by atoms with Gasteiger partial charge in [0.2, 0.25) is 17.2 Å². The molecule has 26 heteroatoms. The first-order valence-electron chi connectivity index (χ1n) is 22.2. The number of rotatable bonds is 16. The quantitative estimate of drug-likeness (QED) is 0.0375. The van der Waals surface area contributed by atoms with E-state index in [2.05, 4.69) is 34.5 Å². The first-order chi connectivity index (χ1) is 34.2. The second kappa shape index (κ2) is 25.8. The van der Waals surface area contributed by atoms with Crippen molar-refractivity contribution < 1.29 is 92.9 Å². The first kappa shape index (κ1) is 58.4. The van der Waals surface area contributed by atoms with Crippen LogP contribution in [0.4, 0.5) is 4.79 Å². The smallest absolute Gasteiger partial charge is 0.411 e. The van der Waals surface area contributed by atoms with Crippen LogP contribution in [0.5, 0.6) is 17.2 Å². The molecule has 0 spiro atoms. The average Bonchev–Trinajstić information content (AvgIpc) is 3.34. The van der Waals surface area contributed by atoms with Crippen molar-refractivity contribution in [2.45, 2.75) is 137 Å². The maximum atomic E-state index is 14.2. The van der Waals surface area contributed by atoms with E-state index in [1.807, 2.05) is 28.8 Å². The van der Waals surface area contributed by atoms with Crippen LogP contribution in [0.3, 0.4) is 0 Å². The Morgan fingerprint density at radius 3 is 2.25 bits per heavy atom. The van der Waals surface area contributed by atoms with E-state index in [1.54, 1.807) is 26.8 Å². The van der Waals surface area contributed by atoms with Crippen LogP contribution in [-0.2, 0) is 33.3 Å². The van der Waals surface area contributed by atoms with E-state index in [0.717, 1.165) is 18.9 Å². The minimum Gasteiger partial charge on any atom is -0.492 e. The molecular weight excluding hydrogens is 1140 g/mol. The molecule has 16 atom stereocenters. The lowest BCUT2D eigenvalue weighted by Gasteiger charge is -2.44. The van der Waals surface area contributed by atoms with Gasteiger partial charge in [-0.2, -0.15) is 5.48 Å². The summed E-state index contributed by atoms with van der Waals surface area (Å²) in [5.41, 5.74) is 0.975. The van der Waals surface area contributed by atoms with Crippen molar-refractivity contribution in [3.05, 3.63) is 49.8 Å². The molecular formula is C46H57IN2O19S4. The van der Waals surface area contributed by atoms with Gasteiger partial charge >= 0.3 is 6.09 Å². The Morgan fingerprint density at radius 2 is 1.58 bits per heavy atom. The van der Waals surface area contributed by atoms with Gasteiger partial charge in [-0.05, 0) is 84.1 Å². The standard InChI is InChI=1S/C46H57IN2O19S4/c1-19-28(38(60-5)40(61-6)39(30(19)47)67-44-37(56)35(54)33(52)21(3)65-44)42(57)71-41-22(4)63-27(17-24(41)50)68-49-31-20(2)64-43(36(55)34(31)53)66-26-13-11-9-10-12-15-46(59)18-25(51)32(48-45(58)62-7)29(26)23(46)14-16-70-72-69-8/h9-10,14,20-22,24,26-27,31,33-37,41,43-44,49-50,52-56,59H,16-18H2,1-8H3,(H,48,58)/b10-9-,23-14+/t20-,21+,22-,24+,26+,27+,31-,33+,34+,35-,36-,37-,41-,43+,44+,46+/m1/s1. The molecule has 3 saturated heterocycles. The van der Waals surface area contributed by atoms with Gasteiger partial charge in [-0.3, -0.25) is 19.7 Å². The zero-order valence-electron chi connectivity index (χ0n) is 40.1. The minimum absolute atomic E-state index is 0.00958. The summed E-state index contributed by atoms with van der Waals surface area (Å²) in [7, 11) is 8.18. The molecule has 9 N–H and O–H groups in total. The number of thioether (sulfide) groups is 1. The largest absolute Gasteiger partial charge is 0.492 e. The molecule has 3 heterocycles. The molecule has 6 rings (SSSR count). The highest BCUT2D eigenvalue weighted by molar-refractivity contribution is 14.1. The Morgan fingerprint density at radius 1 is 0.903 bits per heavy atom. The number of carbonyl (C=O) groups excluding carboxylic acids is 3. The number of aliphatic hydroxyl groups excluding tert-OH is 6. The molecule has 2 aliphatic carbocycles. The second-order valence-corrected chi connectivity index (χ2v) is 23.4. The summed E-state index contributed by atoms with van der Waals surface area (Å²) in [6.07, 6.45) is -12.7. The maximum Gasteiger partial charge on any atom is 0.411 e. The van der Waals surface area contributed by atoms with Gasteiger partial charge in [0.1, 0.15) is 36.6 Å². The van der Waals surface area contributed by atoms with Crippen LogP contribution in [0.1, 0.15) is 49.5 Å². The normalized spacial score (nSPS) is 35.5. The van der Waals surface area contributed by atoms with E-state index in [9.17, 15) is 50.1 Å². The van der Waals surface area contributed by atoms with E-state index >= 15 is 0 Å². The van der Waals surface area contributed by atoms with Crippen molar-refractivity contribution in [1.29, 1.82) is 0 Å². The maximum absolute atomic E-state index is 14.2. The third-order valence-electron chi connectivity index (χ3n) is 12.1. The van der Waals surface area contributed by atoms with Crippen molar-refractivity contribution in [3.8, 4) is 40.9 Å². The lowest BCUT2D eigenvalue weighted by atomic mass is 9.75. The number of fused-ring (bicyclic) bond motifs is 2. The number of nitrogens with one attached hydrogen (secondary N) is 2. The molecule has 21 nitrogen and oxygen atoms in total. The number of halogens is 1. The summed E-state index contributed by atoms with van der Waals surface area (Å²) in [4.78, 5) is 46.3. The Kier molecular flexibility index (Phi) is 21.0. The molecule has 0 radical (unpaired) electrons. The number of Topliss-reactive ketones (excluding diaryl/α,β-unsaturated/α-hetero) is 1. The summed E-state index contributed by atoms with van der Waals surface area (Å²) >= 11 is 2.74. The Labute approximate surface area is 445 Å². The second-order valence-electron chi connectivity index (χ2n) is 16.8. The van der Waals surface area contributed by atoms with Crippen molar-refractivity contribution in [1.82, 2.24) is 10.8 Å². The summed E-state index contributed by atoms with van der Waals surface area (Å²) in [5.74, 6) is 10.8. The molecule has 1 amide bonds. The summed E-state index contributed by atoms with van der Waals surface area (Å²) < 4.78 is 46.6. The van der Waals surface area contributed by atoms with Gasteiger partial charge in [0.25, 0.3) is 0 Å². The van der Waals surface area contributed by atoms with Crippen molar-refractivity contribution in [3.63, 3.8) is 0 Å². The molecule has 0 saturated carbocycles. The van der Waals surface area contributed by atoms with Crippen molar-refractivity contribution >= 4 is 82.8 Å². The van der Waals surface area contributed by atoms with Gasteiger partial charge in [0, 0.05) is 23.3 Å². The van der Waals surface area contributed by atoms with E-state index in [-0.39, 0.29) is 46.1 Å². The van der Waals surface area contributed by atoms with Gasteiger partial charge in [0.05, 0.1) is 78.3 Å². The number of ketones is 1. The number of ether oxygens (including phenoxy) is 8. The lowest BCUT2D eigenvalue weighted by molar-refractivity contribution is -0.301. The summed E-state index contributed by atoms with van der Waals surface area (Å²) in [6, 6.07) is -1.12. The van der Waals surface area contributed by atoms with Gasteiger partial charge in [-0.15, -0.1) is 0 Å². The van der Waals surface area contributed by atoms with Crippen LogP contribution >= 0.6 is 65.8 Å². The molecule has 5 aliphatic rings. The highest BCUT2D eigenvalue weighted by atomic mass is 127. The SMILES string of the molecule is COC(=O)NC1=C2/C(=C\CSSSC)[C@](O)(C#C/C=C\C#C[C@@H]2O[C@@H]2O[C@H](C)[C@@H](NO[C@H]3C[C@H](O)[C@H](SC(=O)c4c(C)c(I)c(O[C@@H]5O[C@@H](C)[C@H](O)[C@@H](O)[C@H]5O)c(OC)c4OC)[C@@H](C)O3)[C@H](O)[C@H]2O)CC1=O. The summed E-state index contributed by atoms with van der Waals surface area (Å²) in [5, 5.41) is 78.7. The highest BCUT2D eigenvalue weighted by Crippen LogP contribution is 2.49. The number of hydrogen-bond acceptors (Lipinski definition) is 24. The fourth-order valence-corrected chi connectivity index (χ4v) is 12.6. The molecule has 0 aromatic heterocycles. The van der Waals surface area contributed by atoms with Crippen LogP contribution in [0.25, 0.3) is 0 Å². The number of carbonyl (C=O) groups is 3. The molecule has 1 aromatic rings. The van der Waals surface area contributed by atoms with E-state index in [1.165, 1.54) is 64.7 Å². The van der Waals surface area contributed by atoms with Gasteiger partial charge in [-0.25, -0.2) is 4.79 Å². The van der Waals surface area contributed by atoms with E-state index in [0.29, 0.717) is 14.9 Å². The zero-order valence-corrected chi connectivity index (χ0v) is 45.5. The number of benzene rings is 1. The number of methoxy groups -OCH3 is 3. The summed E-state index contributed by atoms with van der Waals surface area (Å²) in [6.45, 7) is 6.35. The minimum atomic E-state index is -2.03. The zero-order chi connectivity index (χ0) is 52.8. The monoisotopic (exact) mass is 1200 g/mol. The molecule has 396 valence electrons. The first-order valence-corrected chi connectivity index (χ1v) is 28.2. The van der Waals surface area contributed by atoms with Gasteiger partial charge < -0.3 is 73.6 Å². The molecule has 0 unspecified atom stereocenters. The predicted octanol–water partition coefficient (Wildman–Crippen LogP) is 1.78. The number of allylic oxidation sites excluding steroid dienone is 3. The van der Waals surface area contributed by atoms with E-state index in [4.69, 9.17) is 42.7 Å². The fraction of sp³-hybridized carbons (Fsp3) is 0.587. The molecule has 1 aromatic carbocycles. The fourth-order valence-electron chi connectivity index (χ4n) is 8.38. The number of alkyl carbamates (subject to hydrolysis) is 1. The Hall–Kier alpha value is -2.82. The van der Waals surface area contributed by atoms with Crippen LogP contribution in [0, 0.1) is 34.2 Å². The van der Waals surface area contributed by atoms with Crippen LogP contribution in [-0.4, -0.2) is 183 Å². The Bertz CT molecular complexity index is 2400. The van der Waals surface area contributed by atoms with Gasteiger partial charge in [0.15, 0.2) is 35.5 Å². The number of hydrogen-bond donors (Lipinski definition) is 9. The molecule has 2 bridgehead atoms. The van der Waals surface area contributed by atoms with Crippen molar-refractivity contribution in [2.24, 2.45) is 0 Å². The number of aliphatic hydroxyl groups is 7. The molecule has 3 aliphatic heterocycles. The average molecular weight is 1200 g/mol. The number of hydroxylamine groups is 1. The van der Waals surface area contributed by atoms with E-state index < -0.39 is 120 Å². The Balaban J connectivity index is 1.14. The topological polar surface area (TPSA) is 300 Å². The highest BCUT2D eigenvalue weighted by Gasteiger charge is 2.50. The number of amides is 1.